The van der Waals surface area contributed by atoms with E-state index in [0.29, 0.717) is 17.0 Å². The maximum atomic E-state index is 11.7. The number of aliphatic hydroxyl groups excluding tert-OH is 1. The first kappa shape index (κ1) is 14.3. The fourth-order valence-corrected chi connectivity index (χ4v) is 1.95. The highest BCUT2D eigenvalue weighted by Crippen LogP contribution is 2.21. The van der Waals surface area contributed by atoms with Crippen LogP contribution in [-0.2, 0) is 14.2 Å². The van der Waals surface area contributed by atoms with Gasteiger partial charge in [-0.1, -0.05) is 11.6 Å². The Labute approximate surface area is 116 Å². The molecule has 0 saturated carbocycles. The largest absolute Gasteiger partial charge is 0.459 e. The predicted octanol–water partition coefficient (Wildman–Crippen LogP) is 1.62. The van der Waals surface area contributed by atoms with Gasteiger partial charge in [-0.25, -0.2) is 4.79 Å². The zero-order valence-electron chi connectivity index (χ0n) is 10.4. The van der Waals surface area contributed by atoms with Crippen LogP contribution in [-0.4, -0.2) is 43.3 Å². The molecule has 0 aliphatic carbocycles. The predicted molar refractivity (Wildman–Crippen MR) is 68.0 cm³/mol. The summed E-state index contributed by atoms with van der Waals surface area (Å²) >= 11 is 5.73. The lowest BCUT2D eigenvalue weighted by Crippen LogP contribution is -2.28. The third-order valence-corrected chi connectivity index (χ3v) is 3.16. The number of methoxy groups -OCH3 is 1. The molecule has 19 heavy (non-hydrogen) atoms. The Kier molecular flexibility index (Phi) is 4.76. The van der Waals surface area contributed by atoms with Crippen LogP contribution in [0.4, 0.5) is 0 Å². The fraction of sp³-hybridized carbons (Fsp3) is 0.462. The van der Waals surface area contributed by atoms with Gasteiger partial charge >= 0.3 is 5.97 Å². The van der Waals surface area contributed by atoms with Crippen LogP contribution >= 0.6 is 11.6 Å². The number of rotatable bonds is 4. The minimum atomic E-state index is -0.692. The molecule has 1 fully saturated rings. The summed E-state index contributed by atoms with van der Waals surface area (Å²) in [7, 11) is 1.50. The molecular formula is C13H15ClO5. The molecule has 5 nitrogen and oxygen atoms in total. The second-order valence-electron chi connectivity index (χ2n) is 4.25. The quantitative estimate of drug-likeness (QED) is 0.852. The Morgan fingerprint density at radius 3 is 2.74 bits per heavy atom. The maximum Gasteiger partial charge on any atom is 0.338 e. The number of hydrogen-bond acceptors (Lipinski definition) is 5. The molecule has 1 aliphatic heterocycles. The molecule has 0 bridgehead atoms. The second kappa shape index (κ2) is 6.34. The summed E-state index contributed by atoms with van der Waals surface area (Å²) in [6.45, 7) is -0.0114. The minimum absolute atomic E-state index is 0.0114. The van der Waals surface area contributed by atoms with E-state index in [1.807, 2.05) is 0 Å². The molecule has 0 unspecified atom stereocenters. The molecule has 3 atom stereocenters. The standard InChI is InChI=1S/C13H15ClO5/c1-17-12-6-10(15)11(19-12)7-18-13(16)8-2-4-9(14)5-3-8/h2-5,10-12,15H,6-7H2,1H3/t10-,11+,12-/m0/s1. The van der Waals surface area contributed by atoms with Crippen molar-refractivity contribution in [3.05, 3.63) is 34.9 Å². The Morgan fingerprint density at radius 1 is 1.47 bits per heavy atom. The zero-order chi connectivity index (χ0) is 13.8. The van der Waals surface area contributed by atoms with Gasteiger partial charge in [-0.15, -0.1) is 0 Å². The molecule has 1 heterocycles. The molecule has 0 radical (unpaired) electrons. The van der Waals surface area contributed by atoms with Crippen LogP contribution in [0.2, 0.25) is 5.02 Å². The molecule has 0 amide bonds. The molecule has 6 heteroatoms. The lowest BCUT2D eigenvalue weighted by Gasteiger charge is -2.14. The second-order valence-corrected chi connectivity index (χ2v) is 4.68. The smallest absolute Gasteiger partial charge is 0.338 e. The van der Waals surface area contributed by atoms with Crippen molar-refractivity contribution in [1.29, 1.82) is 0 Å². The van der Waals surface area contributed by atoms with Crippen molar-refractivity contribution in [2.75, 3.05) is 13.7 Å². The molecule has 0 aromatic heterocycles. The van der Waals surface area contributed by atoms with Crippen LogP contribution in [0.3, 0.4) is 0 Å². The van der Waals surface area contributed by atoms with E-state index >= 15 is 0 Å². The highest BCUT2D eigenvalue weighted by atomic mass is 35.5. The van der Waals surface area contributed by atoms with Gasteiger partial charge in [-0.3, -0.25) is 0 Å². The number of benzene rings is 1. The number of esters is 1. The minimum Gasteiger partial charge on any atom is -0.459 e. The van der Waals surface area contributed by atoms with E-state index in [4.69, 9.17) is 25.8 Å². The lowest BCUT2D eigenvalue weighted by molar-refractivity contribution is -0.128. The average Bonchev–Trinajstić information content (AvgIpc) is 2.77. The highest BCUT2D eigenvalue weighted by molar-refractivity contribution is 6.30. The third-order valence-electron chi connectivity index (χ3n) is 2.91. The molecule has 1 N–H and O–H groups in total. The van der Waals surface area contributed by atoms with Crippen LogP contribution in [0.15, 0.2) is 24.3 Å². The maximum absolute atomic E-state index is 11.7. The first-order valence-electron chi connectivity index (χ1n) is 5.89. The Balaban J connectivity index is 1.85. The van der Waals surface area contributed by atoms with Crippen molar-refractivity contribution in [2.45, 2.75) is 24.9 Å². The number of hydrogen-bond donors (Lipinski definition) is 1. The zero-order valence-corrected chi connectivity index (χ0v) is 11.2. The first-order valence-corrected chi connectivity index (χ1v) is 6.27. The van der Waals surface area contributed by atoms with Crippen LogP contribution in [0, 0.1) is 0 Å². The van der Waals surface area contributed by atoms with Gasteiger partial charge in [0.2, 0.25) is 0 Å². The van der Waals surface area contributed by atoms with Gasteiger partial charge in [0.25, 0.3) is 0 Å². The summed E-state index contributed by atoms with van der Waals surface area (Å²) in [5.74, 6) is -0.478. The molecule has 1 saturated heterocycles. The number of ether oxygens (including phenoxy) is 3. The summed E-state index contributed by atoms with van der Waals surface area (Å²) in [6.07, 6.45) is -1.32. The normalized spacial score (nSPS) is 26.4. The summed E-state index contributed by atoms with van der Waals surface area (Å²) in [6, 6.07) is 6.38. The van der Waals surface area contributed by atoms with Gasteiger partial charge in [0.05, 0.1) is 11.7 Å². The number of aliphatic hydroxyl groups is 1. The Hall–Kier alpha value is -1.14. The number of halogens is 1. The van der Waals surface area contributed by atoms with E-state index in [1.165, 1.54) is 7.11 Å². The third kappa shape index (κ3) is 3.67. The molecule has 1 aromatic rings. The van der Waals surface area contributed by atoms with E-state index in [2.05, 4.69) is 0 Å². The molecule has 104 valence electrons. The van der Waals surface area contributed by atoms with Crippen LogP contribution in [0.5, 0.6) is 0 Å². The lowest BCUT2D eigenvalue weighted by atomic mass is 10.2. The van der Waals surface area contributed by atoms with Crippen LogP contribution < -0.4 is 0 Å². The van der Waals surface area contributed by atoms with Gasteiger partial charge < -0.3 is 19.3 Å². The van der Waals surface area contributed by atoms with E-state index in [1.54, 1.807) is 24.3 Å². The highest BCUT2D eigenvalue weighted by Gasteiger charge is 2.34. The van der Waals surface area contributed by atoms with E-state index in [-0.39, 0.29) is 6.61 Å². The fourth-order valence-electron chi connectivity index (χ4n) is 1.82. The van der Waals surface area contributed by atoms with Gasteiger partial charge in [0.15, 0.2) is 6.29 Å². The summed E-state index contributed by atoms with van der Waals surface area (Å²) in [5, 5.41) is 10.2. The van der Waals surface area contributed by atoms with Gasteiger partial charge in [-0.05, 0) is 24.3 Å². The van der Waals surface area contributed by atoms with Crippen LogP contribution in [0.25, 0.3) is 0 Å². The molecule has 1 aromatic carbocycles. The van der Waals surface area contributed by atoms with Crippen molar-refractivity contribution in [2.24, 2.45) is 0 Å². The molecule has 1 aliphatic rings. The summed E-state index contributed by atoms with van der Waals surface area (Å²) in [5.41, 5.74) is 0.403. The van der Waals surface area contributed by atoms with Gasteiger partial charge in [-0.2, -0.15) is 0 Å². The van der Waals surface area contributed by atoms with E-state index in [0.717, 1.165) is 0 Å². The van der Waals surface area contributed by atoms with Crippen molar-refractivity contribution >= 4 is 17.6 Å². The molecule has 2 rings (SSSR count). The topological polar surface area (TPSA) is 65.0 Å². The van der Waals surface area contributed by atoms with Crippen LogP contribution in [0.1, 0.15) is 16.8 Å². The molecular weight excluding hydrogens is 272 g/mol. The summed E-state index contributed by atoms with van der Waals surface area (Å²) < 4.78 is 15.4. The van der Waals surface area contributed by atoms with Gasteiger partial charge in [0, 0.05) is 18.6 Å². The van der Waals surface area contributed by atoms with Crippen molar-refractivity contribution in [3.8, 4) is 0 Å². The number of carbonyl (C=O) groups excluding carboxylic acids is 1. The van der Waals surface area contributed by atoms with E-state index < -0.39 is 24.5 Å². The Bertz CT molecular complexity index is 433. The Morgan fingerprint density at radius 2 is 2.16 bits per heavy atom. The van der Waals surface area contributed by atoms with Crippen molar-refractivity contribution in [3.63, 3.8) is 0 Å². The summed E-state index contributed by atoms with van der Waals surface area (Å²) in [4.78, 5) is 11.7. The monoisotopic (exact) mass is 286 g/mol. The van der Waals surface area contributed by atoms with E-state index in [9.17, 15) is 9.90 Å². The molecule has 0 spiro atoms. The van der Waals surface area contributed by atoms with Crippen molar-refractivity contribution < 1.29 is 24.1 Å². The van der Waals surface area contributed by atoms with Gasteiger partial charge in [0.1, 0.15) is 12.7 Å². The average molecular weight is 287 g/mol. The number of carbonyl (C=O) groups is 1. The first-order chi connectivity index (χ1) is 9.10. The SMILES string of the molecule is CO[C@@H]1C[C@H](O)[C@@H](COC(=O)c2ccc(Cl)cc2)O1. The van der Waals surface area contributed by atoms with Crippen molar-refractivity contribution in [1.82, 2.24) is 0 Å².